The second-order valence-corrected chi connectivity index (χ2v) is 12.7. The first-order valence-electron chi connectivity index (χ1n) is 13.2. The van der Waals surface area contributed by atoms with Crippen molar-refractivity contribution in [1.82, 2.24) is 19.4 Å². The predicted octanol–water partition coefficient (Wildman–Crippen LogP) is 5.69. The summed E-state index contributed by atoms with van der Waals surface area (Å²) in [4.78, 5) is 38.2. The summed E-state index contributed by atoms with van der Waals surface area (Å²) >= 11 is 2.07. The minimum atomic E-state index is -4.81. The van der Waals surface area contributed by atoms with E-state index in [0.717, 1.165) is 23.5 Å². The fraction of sp³-hybridized carbons (Fsp3) is 0.357. The Morgan fingerprint density at radius 3 is 2.48 bits per heavy atom. The van der Waals surface area contributed by atoms with E-state index in [2.05, 4.69) is 16.5 Å². The lowest BCUT2D eigenvalue weighted by molar-refractivity contribution is -0.137. The molecular formula is C28H26F4N6O2S2. The minimum absolute atomic E-state index is 0.0290. The van der Waals surface area contributed by atoms with E-state index in [1.165, 1.54) is 28.5 Å². The van der Waals surface area contributed by atoms with Gasteiger partial charge in [0.2, 0.25) is 5.91 Å². The van der Waals surface area contributed by atoms with Crippen molar-refractivity contribution in [3.05, 3.63) is 52.7 Å². The number of nitrogens with zero attached hydrogens (tertiary/aromatic N) is 5. The number of amides is 1. The van der Waals surface area contributed by atoms with Gasteiger partial charge in [-0.2, -0.15) is 18.2 Å². The molecule has 2 aromatic carbocycles. The smallest absolute Gasteiger partial charge is 0.375 e. The van der Waals surface area contributed by atoms with E-state index in [1.807, 2.05) is 20.8 Å². The number of alkyl halides is 3. The van der Waals surface area contributed by atoms with Gasteiger partial charge < -0.3 is 15.5 Å². The van der Waals surface area contributed by atoms with Gasteiger partial charge in [-0.3, -0.25) is 9.36 Å². The van der Waals surface area contributed by atoms with Crippen LogP contribution in [0.25, 0.3) is 32.2 Å². The van der Waals surface area contributed by atoms with E-state index in [-0.39, 0.29) is 79.7 Å². The van der Waals surface area contributed by atoms with Crippen LogP contribution in [0.15, 0.2) is 40.5 Å². The molecule has 1 amide bonds. The van der Waals surface area contributed by atoms with Gasteiger partial charge in [0.05, 0.1) is 21.3 Å². The highest BCUT2D eigenvalue weighted by Crippen LogP contribution is 2.51. The summed E-state index contributed by atoms with van der Waals surface area (Å²) in [7, 11) is 0. The van der Waals surface area contributed by atoms with Crippen molar-refractivity contribution in [2.75, 3.05) is 29.5 Å². The molecule has 0 radical (unpaired) electrons. The van der Waals surface area contributed by atoms with Gasteiger partial charge in [0.25, 0.3) is 0 Å². The highest BCUT2D eigenvalue weighted by Gasteiger charge is 2.40. The molecule has 1 saturated heterocycles. The number of hydrogen-bond acceptors (Lipinski definition) is 8. The summed E-state index contributed by atoms with van der Waals surface area (Å²) in [5, 5.41) is 0.208. The molecule has 2 N–H and O–H groups in total. The highest BCUT2D eigenvalue weighted by molar-refractivity contribution is 7.99. The molecule has 3 atom stereocenters. The standard InChI is InChI=1S/C28H26F4N6O2S2/c1-5-19(39)37-12(2)9-36(10-13(37)3)25-16-8-17(28(30,31)32)20(15-6-7-18(29)23-21(15)34-26(33)42-23)24-22(16)38(27(40)35-25)14(4)11-41-24/h5-8,12-14H,1,9-11H2,2-4H3,(H2,33,34)/t12-,13+,14-/m0/s1. The summed E-state index contributed by atoms with van der Waals surface area (Å²) in [6.45, 7) is 9.56. The molecule has 6 rings (SSSR count). The molecule has 2 aliphatic heterocycles. The van der Waals surface area contributed by atoms with Gasteiger partial charge in [-0.25, -0.2) is 14.2 Å². The van der Waals surface area contributed by atoms with E-state index in [4.69, 9.17) is 5.73 Å². The largest absolute Gasteiger partial charge is 0.417 e. The number of hydrogen-bond donors (Lipinski definition) is 1. The zero-order valence-electron chi connectivity index (χ0n) is 22.8. The molecule has 4 heterocycles. The first-order valence-corrected chi connectivity index (χ1v) is 15.0. The van der Waals surface area contributed by atoms with Crippen LogP contribution in [-0.4, -0.2) is 56.3 Å². The number of rotatable bonds is 3. The van der Waals surface area contributed by atoms with E-state index in [1.54, 1.807) is 9.80 Å². The van der Waals surface area contributed by atoms with Gasteiger partial charge in [0.1, 0.15) is 11.6 Å². The normalized spacial score (nSPS) is 20.9. The van der Waals surface area contributed by atoms with Crippen molar-refractivity contribution in [2.24, 2.45) is 0 Å². The maximum Gasteiger partial charge on any atom is 0.417 e. The molecule has 0 aliphatic carbocycles. The van der Waals surface area contributed by atoms with Crippen LogP contribution in [0.2, 0.25) is 0 Å². The number of thioether (sulfide) groups is 1. The van der Waals surface area contributed by atoms with E-state index in [9.17, 15) is 27.2 Å². The van der Waals surface area contributed by atoms with Crippen LogP contribution >= 0.6 is 23.1 Å². The Balaban J connectivity index is 1.67. The topological polar surface area (TPSA) is 97.4 Å². The molecule has 2 aromatic heterocycles. The molecule has 1 fully saturated rings. The number of fused-ring (bicyclic) bond motifs is 1. The van der Waals surface area contributed by atoms with Crippen LogP contribution in [0.4, 0.5) is 28.5 Å². The summed E-state index contributed by atoms with van der Waals surface area (Å²) < 4.78 is 61.0. The van der Waals surface area contributed by atoms with E-state index in [0.29, 0.717) is 11.3 Å². The zero-order chi connectivity index (χ0) is 30.2. The van der Waals surface area contributed by atoms with Crippen molar-refractivity contribution in [1.29, 1.82) is 0 Å². The lowest BCUT2D eigenvalue weighted by atomic mass is 9.95. The number of aromatic nitrogens is 3. The molecule has 8 nitrogen and oxygen atoms in total. The minimum Gasteiger partial charge on any atom is -0.375 e. The fourth-order valence-electron chi connectivity index (χ4n) is 6.15. The third-order valence-electron chi connectivity index (χ3n) is 7.79. The molecular weight excluding hydrogens is 592 g/mol. The van der Waals surface area contributed by atoms with Crippen molar-refractivity contribution >= 4 is 61.1 Å². The predicted molar refractivity (Wildman–Crippen MR) is 158 cm³/mol. The number of nitrogens with two attached hydrogens (primary N) is 1. The van der Waals surface area contributed by atoms with Crippen molar-refractivity contribution in [3.8, 4) is 11.1 Å². The first-order chi connectivity index (χ1) is 19.8. The number of piperazine rings is 1. The molecule has 42 heavy (non-hydrogen) atoms. The lowest BCUT2D eigenvalue weighted by Crippen LogP contribution is -2.58. The van der Waals surface area contributed by atoms with E-state index < -0.39 is 23.2 Å². The van der Waals surface area contributed by atoms with Gasteiger partial charge in [0.15, 0.2) is 5.13 Å². The third kappa shape index (κ3) is 4.34. The summed E-state index contributed by atoms with van der Waals surface area (Å²) in [5.41, 5.74) is 4.61. The SMILES string of the molecule is C=CC(=O)N1[C@H](C)CN(c2nc(=O)n3c4c(c(-c5ccc(F)c6sc(N)nc56)c(C(F)(F)F)cc24)SC[C@@H]3C)C[C@@H]1C. The van der Waals surface area contributed by atoms with Crippen LogP contribution in [0.1, 0.15) is 32.4 Å². The van der Waals surface area contributed by atoms with E-state index >= 15 is 0 Å². The molecule has 0 saturated carbocycles. The summed E-state index contributed by atoms with van der Waals surface area (Å²) in [6, 6.07) is 2.46. The van der Waals surface area contributed by atoms with Crippen LogP contribution in [-0.2, 0) is 11.0 Å². The summed E-state index contributed by atoms with van der Waals surface area (Å²) in [5.74, 6) is -0.419. The number of nitrogen functional groups attached to an aromatic ring is 1. The van der Waals surface area contributed by atoms with Gasteiger partial charge in [-0.05, 0) is 45.0 Å². The van der Waals surface area contributed by atoms with Gasteiger partial charge in [0, 0.05) is 58.4 Å². The molecule has 0 bridgehead atoms. The fourth-order valence-corrected chi connectivity index (χ4v) is 8.18. The van der Waals surface area contributed by atoms with Crippen LogP contribution in [0.3, 0.4) is 0 Å². The second-order valence-electron chi connectivity index (χ2n) is 10.6. The van der Waals surface area contributed by atoms with Crippen molar-refractivity contribution < 1.29 is 22.4 Å². The maximum atomic E-state index is 14.9. The Bertz CT molecular complexity index is 1840. The number of carbonyl (C=O) groups is 1. The Hall–Kier alpha value is -3.65. The molecule has 0 unspecified atom stereocenters. The molecule has 4 aromatic rings. The maximum absolute atomic E-state index is 14.9. The Morgan fingerprint density at radius 1 is 1.14 bits per heavy atom. The van der Waals surface area contributed by atoms with Crippen LogP contribution < -0.4 is 16.3 Å². The molecule has 14 heteroatoms. The second kappa shape index (κ2) is 9.97. The third-order valence-corrected chi connectivity index (χ3v) is 10.0. The van der Waals surface area contributed by atoms with Crippen molar-refractivity contribution in [2.45, 2.75) is 50.0 Å². The number of benzene rings is 2. The van der Waals surface area contributed by atoms with Crippen LogP contribution in [0, 0.1) is 5.82 Å². The van der Waals surface area contributed by atoms with Gasteiger partial charge in [-0.15, -0.1) is 11.8 Å². The highest BCUT2D eigenvalue weighted by atomic mass is 32.2. The van der Waals surface area contributed by atoms with Gasteiger partial charge >= 0.3 is 11.9 Å². The number of carbonyl (C=O) groups excluding carboxylic acids is 1. The van der Waals surface area contributed by atoms with Gasteiger partial charge in [-0.1, -0.05) is 17.9 Å². The first kappa shape index (κ1) is 28.5. The monoisotopic (exact) mass is 618 g/mol. The molecule has 0 spiro atoms. The number of thiazole rings is 1. The Kier molecular flexibility index (Phi) is 6.76. The lowest BCUT2D eigenvalue weighted by Gasteiger charge is -2.45. The number of halogens is 4. The quantitative estimate of drug-likeness (QED) is 0.233. The average Bonchev–Trinajstić information content (AvgIpc) is 3.32. The van der Waals surface area contributed by atoms with Crippen LogP contribution in [0.5, 0.6) is 0 Å². The Morgan fingerprint density at radius 2 is 1.83 bits per heavy atom. The Labute approximate surface area is 245 Å². The number of anilines is 2. The average molecular weight is 619 g/mol. The zero-order valence-corrected chi connectivity index (χ0v) is 24.5. The van der Waals surface area contributed by atoms with Crippen molar-refractivity contribution in [3.63, 3.8) is 0 Å². The molecule has 220 valence electrons. The molecule has 2 aliphatic rings. The summed E-state index contributed by atoms with van der Waals surface area (Å²) in [6.07, 6.45) is -3.58.